The number of fused-ring (bicyclic) bond motifs is 7. The molecule has 3 nitrogen and oxygen atoms in total. The largest absolute Gasteiger partial charge is 0.455 e. The van der Waals surface area contributed by atoms with Gasteiger partial charge in [0, 0.05) is 49.6 Å². The number of para-hydroxylation sites is 6. The van der Waals surface area contributed by atoms with Crippen molar-refractivity contribution in [2.24, 2.45) is 0 Å². The predicted molar refractivity (Wildman–Crippen MR) is 282 cm³/mol. The van der Waals surface area contributed by atoms with Crippen LogP contribution in [0.25, 0.3) is 105 Å². The van der Waals surface area contributed by atoms with Crippen LogP contribution in [-0.4, -0.2) is 4.57 Å². The maximum Gasteiger partial charge on any atom is 0.143 e. The summed E-state index contributed by atoms with van der Waals surface area (Å²) in [4.78, 5) is 2.48. The van der Waals surface area contributed by atoms with Gasteiger partial charge in [0.2, 0.25) is 0 Å². The van der Waals surface area contributed by atoms with Crippen molar-refractivity contribution in [2.75, 3.05) is 4.90 Å². The molecule has 0 N–H and O–H groups in total. The van der Waals surface area contributed by atoms with Gasteiger partial charge in [0.25, 0.3) is 0 Å². The quantitative estimate of drug-likeness (QED) is 0.152. The number of aromatic nitrogens is 1. The molecule has 2 aromatic heterocycles. The number of anilines is 3. The van der Waals surface area contributed by atoms with E-state index in [4.69, 9.17) is 4.42 Å². The van der Waals surface area contributed by atoms with Crippen LogP contribution in [-0.2, 0) is 0 Å². The lowest BCUT2D eigenvalue weighted by molar-refractivity contribution is 0.670. The first kappa shape index (κ1) is 38.5. The summed E-state index contributed by atoms with van der Waals surface area (Å²) in [5.41, 5.74) is 17.6. The Morgan fingerprint density at radius 2 is 0.851 bits per heavy atom. The summed E-state index contributed by atoms with van der Waals surface area (Å²) in [6, 6.07) is 92.0. The molecule has 3 heteroatoms. The first-order valence-corrected chi connectivity index (χ1v) is 22.9. The van der Waals surface area contributed by atoms with Crippen LogP contribution in [0.4, 0.5) is 17.1 Å². The molecule has 0 unspecified atom stereocenters. The Morgan fingerprint density at radius 1 is 0.328 bits per heavy atom. The summed E-state index contributed by atoms with van der Waals surface area (Å²) in [5, 5.41) is 7.08. The Labute approximate surface area is 388 Å². The zero-order valence-corrected chi connectivity index (χ0v) is 36.6. The van der Waals surface area contributed by atoms with Gasteiger partial charge in [-0.25, -0.2) is 0 Å². The SMILES string of the molecule is c1ccc(-c2cccc3cccc(-c4ccccc4N(c4cccc(-c5cccc6c5oc5ccccc56)c4)c4ccccc4-c4cccc5c4c4ccccc4n5-c4ccccc4)c23)cc1. The van der Waals surface area contributed by atoms with Crippen LogP contribution in [0, 0.1) is 0 Å². The minimum atomic E-state index is 0.887. The van der Waals surface area contributed by atoms with Crippen LogP contribution in [0.3, 0.4) is 0 Å². The van der Waals surface area contributed by atoms with Crippen molar-refractivity contribution >= 4 is 71.6 Å². The Bertz CT molecular complexity index is 3990. The smallest absolute Gasteiger partial charge is 0.143 e. The summed E-state index contributed by atoms with van der Waals surface area (Å²) in [6.45, 7) is 0. The zero-order chi connectivity index (χ0) is 44.3. The number of rotatable bonds is 8. The van der Waals surface area contributed by atoms with Crippen molar-refractivity contribution in [3.8, 4) is 50.2 Å². The van der Waals surface area contributed by atoms with Gasteiger partial charge in [0.05, 0.1) is 22.4 Å². The number of nitrogens with zero attached hydrogens (tertiary/aromatic N) is 2. The van der Waals surface area contributed by atoms with Gasteiger partial charge in [-0.05, 0) is 93.2 Å². The van der Waals surface area contributed by atoms with E-state index in [1.807, 2.05) is 6.07 Å². The highest BCUT2D eigenvalue weighted by Gasteiger charge is 2.25. The van der Waals surface area contributed by atoms with Crippen molar-refractivity contribution in [3.05, 3.63) is 255 Å². The second kappa shape index (κ2) is 16.0. The fraction of sp³-hybridized carbons (Fsp3) is 0. The van der Waals surface area contributed by atoms with Gasteiger partial charge in [-0.15, -0.1) is 0 Å². The predicted octanol–water partition coefficient (Wildman–Crippen LogP) is 18.0. The molecule has 67 heavy (non-hydrogen) atoms. The topological polar surface area (TPSA) is 21.3 Å². The van der Waals surface area contributed by atoms with E-state index in [1.54, 1.807) is 0 Å². The molecule has 0 saturated heterocycles. The molecule has 0 aliphatic heterocycles. The van der Waals surface area contributed by atoms with Crippen LogP contribution >= 0.6 is 0 Å². The molecule has 0 aliphatic rings. The molecule has 0 bridgehead atoms. The van der Waals surface area contributed by atoms with Gasteiger partial charge in [-0.3, -0.25) is 0 Å². The summed E-state index contributed by atoms with van der Waals surface area (Å²) >= 11 is 0. The molecule has 314 valence electrons. The lowest BCUT2D eigenvalue weighted by Gasteiger charge is -2.30. The molecular formula is C64H42N2O. The van der Waals surface area contributed by atoms with Crippen LogP contribution in [0.1, 0.15) is 0 Å². The Kier molecular flexibility index (Phi) is 9.17. The molecule has 0 atom stereocenters. The highest BCUT2D eigenvalue weighted by atomic mass is 16.3. The lowest BCUT2D eigenvalue weighted by Crippen LogP contribution is -2.12. The van der Waals surface area contributed by atoms with Crippen LogP contribution in [0.2, 0.25) is 0 Å². The van der Waals surface area contributed by atoms with Crippen molar-refractivity contribution in [1.29, 1.82) is 0 Å². The van der Waals surface area contributed by atoms with Crippen molar-refractivity contribution in [2.45, 2.75) is 0 Å². The van der Waals surface area contributed by atoms with E-state index in [1.165, 1.54) is 49.3 Å². The number of hydrogen-bond acceptors (Lipinski definition) is 2. The van der Waals surface area contributed by atoms with E-state index >= 15 is 0 Å². The van der Waals surface area contributed by atoms with E-state index in [-0.39, 0.29) is 0 Å². The second-order valence-corrected chi connectivity index (χ2v) is 17.2. The van der Waals surface area contributed by atoms with E-state index in [0.29, 0.717) is 0 Å². The van der Waals surface area contributed by atoms with Gasteiger partial charge in [0.15, 0.2) is 0 Å². The Balaban J connectivity index is 1.09. The standard InChI is InChI=1S/C64H42N2O/c1-3-20-43(21-4-1)48-32-16-22-44-23-17-34-53(62(44)48)50-28-7-11-37-57(50)66(47-27-15-24-45(42-47)49-33-18-36-55-52-30-10-14-41-61(52)67-64(49)55)58-38-12-8-29-51(58)54-35-19-40-60-63(54)56-31-9-13-39-59(56)65(60)46-25-5-2-6-26-46/h1-42H. The van der Waals surface area contributed by atoms with Crippen molar-refractivity contribution < 1.29 is 4.42 Å². The summed E-state index contributed by atoms with van der Waals surface area (Å²) < 4.78 is 9.04. The third-order valence-corrected chi connectivity index (χ3v) is 13.4. The fourth-order valence-corrected chi connectivity index (χ4v) is 10.5. The molecular weight excluding hydrogens is 813 g/mol. The number of benzene rings is 11. The van der Waals surface area contributed by atoms with Gasteiger partial charge >= 0.3 is 0 Å². The molecule has 0 spiro atoms. The second-order valence-electron chi connectivity index (χ2n) is 17.2. The van der Waals surface area contributed by atoms with Crippen molar-refractivity contribution in [3.63, 3.8) is 0 Å². The van der Waals surface area contributed by atoms with Gasteiger partial charge in [0.1, 0.15) is 11.2 Å². The van der Waals surface area contributed by atoms with E-state index in [9.17, 15) is 0 Å². The highest BCUT2D eigenvalue weighted by molar-refractivity contribution is 6.17. The van der Waals surface area contributed by atoms with E-state index in [0.717, 1.165) is 72.5 Å². The first-order valence-electron chi connectivity index (χ1n) is 22.9. The number of furan rings is 1. The van der Waals surface area contributed by atoms with Gasteiger partial charge in [-0.2, -0.15) is 0 Å². The van der Waals surface area contributed by atoms with Crippen LogP contribution < -0.4 is 4.90 Å². The van der Waals surface area contributed by atoms with Gasteiger partial charge in [-0.1, -0.05) is 200 Å². The number of hydrogen-bond donors (Lipinski definition) is 0. The third-order valence-electron chi connectivity index (χ3n) is 13.4. The first-order chi connectivity index (χ1) is 33.3. The normalized spacial score (nSPS) is 11.6. The van der Waals surface area contributed by atoms with Crippen molar-refractivity contribution in [1.82, 2.24) is 4.57 Å². The summed E-state index contributed by atoms with van der Waals surface area (Å²) in [5.74, 6) is 0. The van der Waals surface area contributed by atoms with Gasteiger partial charge < -0.3 is 13.9 Å². The summed E-state index contributed by atoms with van der Waals surface area (Å²) in [7, 11) is 0. The van der Waals surface area contributed by atoms with E-state index < -0.39 is 0 Å². The zero-order valence-electron chi connectivity index (χ0n) is 36.6. The molecule has 0 radical (unpaired) electrons. The third kappa shape index (κ3) is 6.35. The fourth-order valence-electron chi connectivity index (χ4n) is 10.5. The minimum Gasteiger partial charge on any atom is -0.455 e. The average molecular weight is 855 g/mol. The molecule has 11 aromatic carbocycles. The van der Waals surface area contributed by atoms with E-state index in [2.05, 4.69) is 258 Å². The lowest BCUT2D eigenvalue weighted by atomic mass is 9.90. The monoisotopic (exact) mass is 854 g/mol. The Morgan fingerprint density at radius 3 is 1.63 bits per heavy atom. The highest BCUT2D eigenvalue weighted by Crippen LogP contribution is 2.50. The minimum absolute atomic E-state index is 0.887. The molecule has 0 amide bonds. The maximum absolute atomic E-state index is 6.64. The summed E-state index contributed by atoms with van der Waals surface area (Å²) in [6.07, 6.45) is 0. The molecule has 0 saturated carbocycles. The molecule has 0 aliphatic carbocycles. The molecule has 13 aromatic rings. The van der Waals surface area contributed by atoms with Crippen LogP contribution in [0.5, 0.6) is 0 Å². The maximum atomic E-state index is 6.64. The molecule has 13 rings (SSSR count). The molecule has 0 fully saturated rings. The molecule has 2 heterocycles. The van der Waals surface area contributed by atoms with Crippen LogP contribution in [0.15, 0.2) is 259 Å². The average Bonchev–Trinajstić information content (AvgIpc) is 3.96. The Hall–Kier alpha value is -8.92.